The van der Waals surface area contributed by atoms with Crippen molar-refractivity contribution in [2.45, 2.75) is 13.0 Å². The number of pyridine rings is 1. The third-order valence-corrected chi connectivity index (χ3v) is 2.07. The lowest BCUT2D eigenvalue weighted by Gasteiger charge is -2.12. The number of aromatic amines is 1. The highest BCUT2D eigenvalue weighted by molar-refractivity contribution is 5.36. The molecule has 5 heteroatoms. The Hall–Kier alpha value is -1.91. The number of H-pyrrole nitrogens is 1. The molecule has 0 saturated heterocycles. The lowest BCUT2D eigenvalue weighted by molar-refractivity contribution is 0.584. The van der Waals surface area contributed by atoms with Gasteiger partial charge >= 0.3 is 0 Å². The first-order chi connectivity index (χ1) is 7.25. The van der Waals surface area contributed by atoms with Gasteiger partial charge in [0.1, 0.15) is 5.82 Å². The Balaban J connectivity index is 2.09. The summed E-state index contributed by atoms with van der Waals surface area (Å²) in [5, 5.41) is 9.74. The first-order valence-corrected chi connectivity index (χ1v) is 4.64. The van der Waals surface area contributed by atoms with Crippen molar-refractivity contribution >= 4 is 5.82 Å². The largest absolute Gasteiger partial charge is 0.362 e. The Morgan fingerprint density at radius 3 is 2.93 bits per heavy atom. The zero-order valence-electron chi connectivity index (χ0n) is 8.24. The molecular weight excluding hydrogens is 195 g/mol. The van der Waals surface area contributed by atoms with Gasteiger partial charge in [0.25, 0.3) is 0 Å². The lowest BCUT2D eigenvalue weighted by Crippen LogP contribution is -2.08. The predicted octanol–water partition coefficient (Wildman–Crippen LogP) is 2.12. The molecule has 0 aliphatic heterocycles. The molecule has 0 amide bonds. The van der Waals surface area contributed by atoms with Crippen LogP contribution in [0.1, 0.15) is 18.7 Å². The van der Waals surface area contributed by atoms with Gasteiger partial charge in [0.2, 0.25) is 5.95 Å². The summed E-state index contributed by atoms with van der Waals surface area (Å²) in [7, 11) is 0. The van der Waals surface area contributed by atoms with Gasteiger partial charge in [-0.05, 0) is 25.1 Å². The number of halogens is 1. The molecule has 2 rings (SSSR count). The maximum absolute atomic E-state index is 12.8. The first kappa shape index (κ1) is 9.64. The van der Waals surface area contributed by atoms with Crippen LogP contribution < -0.4 is 5.32 Å². The smallest absolute Gasteiger partial charge is 0.214 e. The molecule has 0 fully saturated rings. The van der Waals surface area contributed by atoms with Gasteiger partial charge in [-0.2, -0.15) is 9.49 Å². The Kier molecular flexibility index (Phi) is 2.62. The summed E-state index contributed by atoms with van der Waals surface area (Å²) >= 11 is 0. The van der Waals surface area contributed by atoms with E-state index in [0.29, 0.717) is 5.82 Å². The predicted molar refractivity (Wildman–Crippen MR) is 54.8 cm³/mol. The minimum Gasteiger partial charge on any atom is -0.362 e. The van der Waals surface area contributed by atoms with Gasteiger partial charge in [0.05, 0.1) is 11.7 Å². The monoisotopic (exact) mass is 206 g/mol. The van der Waals surface area contributed by atoms with Crippen LogP contribution in [-0.2, 0) is 0 Å². The molecule has 0 aromatic carbocycles. The molecule has 15 heavy (non-hydrogen) atoms. The summed E-state index contributed by atoms with van der Waals surface area (Å²) in [6, 6.07) is 6.52. The molecule has 0 spiro atoms. The molecule has 0 saturated carbocycles. The highest BCUT2D eigenvalue weighted by atomic mass is 19.1. The second kappa shape index (κ2) is 4.08. The summed E-state index contributed by atoms with van der Waals surface area (Å²) in [5.74, 6) is 0.0221. The fourth-order valence-corrected chi connectivity index (χ4v) is 1.30. The zero-order chi connectivity index (χ0) is 10.7. The normalized spacial score (nSPS) is 12.4. The lowest BCUT2D eigenvalue weighted by atomic mass is 10.2. The Bertz CT molecular complexity index is 427. The third kappa shape index (κ3) is 2.31. The molecule has 0 bridgehead atoms. The van der Waals surface area contributed by atoms with E-state index in [4.69, 9.17) is 0 Å². The van der Waals surface area contributed by atoms with Crippen LogP contribution in [0.3, 0.4) is 0 Å². The molecule has 0 aliphatic carbocycles. The number of nitrogens with zero attached hydrogens (tertiary/aromatic N) is 2. The Morgan fingerprint density at radius 1 is 1.40 bits per heavy atom. The second-order valence-corrected chi connectivity index (χ2v) is 3.22. The van der Waals surface area contributed by atoms with E-state index < -0.39 is 5.95 Å². The average molecular weight is 206 g/mol. The van der Waals surface area contributed by atoms with Crippen LogP contribution in [0, 0.1) is 5.95 Å². The highest BCUT2D eigenvalue weighted by Gasteiger charge is 2.06. The number of hydrogen-bond acceptors (Lipinski definition) is 3. The Labute approximate surface area is 86.6 Å². The van der Waals surface area contributed by atoms with Gasteiger partial charge < -0.3 is 5.32 Å². The van der Waals surface area contributed by atoms with Crippen LogP contribution >= 0.6 is 0 Å². The molecule has 2 N–H and O–H groups in total. The van der Waals surface area contributed by atoms with Crippen LogP contribution in [0.2, 0.25) is 0 Å². The fraction of sp³-hybridized carbons (Fsp3) is 0.200. The number of nitrogens with one attached hydrogen (secondary N) is 2. The molecule has 1 unspecified atom stereocenters. The van der Waals surface area contributed by atoms with E-state index in [0.717, 1.165) is 5.69 Å². The SMILES string of the molecule is CC(Nc1cccc(F)n1)c1ccn[nH]1. The fourth-order valence-electron chi connectivity index (χ4n) is 1.30. The highest BCUT2D eigenvalue weighted by Crippen LogP contribution is 2.14. The Morgan fingerprint density at radius 2 is 2.27 bits per heavy atom. The van der Waals surface area contributed by atoms with E-state index in [9.17, 15) is 4.39 Å². The van der Waals surface area contributed by atoms with Crippen LogP contribution in [-0.4, -0.2) is 15.2 Å². The van der Waals surface area contributed by atoms with E-state index in [1.807, 2.05) is 13.0 Å². The number of hydrogen-bond donors (Lipinski definition) is 2. The molecular formula is C10H11FN4. The van der Waals surface area contributed by atoms with Crippen LogP contribution in [0.5, 0.6) is 0 Å². The molecule has 1 atom stereocenters. The molecule has 4 nitrogen and oxygen atoms in total. The van der Waals surface area contributed by atoms with Crippen molar-refractivity contribution in [3.8, 4) is 0 Å². The average Bonchev–Trinajstić information content (AvgIpc) is 2.70. The maximum atomic E-state index is 12.8. The van der Waals surface area contributed by atoms with Crippen molar-refractivity contribution in [1.29, 1.82) is 0 Å². The van der Waals surface area contributed by atoms with E-state index in [-0.39, 0.29) is 6.04 Å². The van der Waals surface area contributed by atoms with Crippen molar-refractivity contribution in [1.82, 2.24) is 15.2 Å². The van der Waals surface area contributed by atoms with Crippen molar-refractivity contribution in [2.24, 2.45) is 0 Å². The van der Waals surface area contributed by atoms with Gasteiger partial charge in [-0.3, -0.25) is 5.10 Å². The van der Waals surface area contributed by atoms with Crippen LogP contribution in [0.25, 0.3) is 0 Å². The zero-order valence-corrected chi connectivity index (χ0v) is 8.24. The van der Waals surface area contributed by atoms with E-state index in [2.05, 4.69) is 20.5 Å². The topological polar surface area (TPSA) is 53.6 Å². The third-order valence-electron chi connectivity index (χ3n) is 2.07. The van der Waals surface area contributed by atoms with E-state index in [1.54, 1.807) is 18.3 Å². The van der Waals surface area contributed by atoms with Gasteiger partial charge in [-0.1, -0.05) is 6.07 Å². The maximum Gasteiger partial charge on any atom is 0.214 e. The summed E-state index contributed by atoms with van der Waals surface area (Å²) in [6.07, 6.45) is 1.67. The van der Waals surface area contributed by atoms with Crippen molar-refractivity contribution in [3.63, 3.8) is 0 Å². The molecule has 2 aromatic heterocycles. The standard InChI is InChI=1S/C10H11FN4/c1-7(8-5-6-12-15-8)13-10-4-2-3-9(11)14-10/h2-7H,1H3,(H,12,15)(H,13,14). The molecule has 2 aromatic rings. The minimum atomic E-state index is -0.489. The minimum absolute atomic E-state index is 0.0156. The molecule has 78 valence electrons. The second-order valence-electron chi connectivity index (χ2n) is 3.22. The molecule has 0 aliphatic rings. The van der Waals surface area contributed by atoms with Crippen LogP contribution in [0.15, 0.2) is 30.5 Å². The van der Waals surface area contributed by atoms with E-state index in [1.165, 1.54) is 6.07 Å². The quantitative estimate of drug-likeness (QED) is 0.756. The van der Waals surface area contributed by atoms with Gasteiger partial charge in [-0.15, -0.1) is 0 Å². The number of aromatic nitrogens is 3. The summed E-state index contributed by atoms with van der Waals surface area (Å²) < 4.78 is 12.8. The van der Waals surface area contributed by atoms with Crippen LogP contribution in [0.4, 0.5) is 10.2 Å². The van der Waals surface area contributed by atoms with Gasteiger partial charge in [0, 0.05) is 6.20 Å². The van der Waals surface area contributed by atoms with Gasteiger partial charge in [-0.25, -0.2) is 4.98 Å². The van der Waals surface area contributed by atoms with Crippen molar-refractivity contribution in [3.05, 3.63) is 42.1 Å². The van der Waals surface area contributed by atoms with Crippen molar-refractivity contribution < 1.29 is 4.39 Å². The number of anilines is 1. The van der Waals surface area contributed by atoms with Gasteiger partial charge in [0.15, 0.2) is 0 Å². The summed E-state index contributed by atoms with van der Waals surface area (Å²) in [6.45, 7) is 1.94. The summed E-state index contributed by atoms with van der Waals surface area (Å²) in [4.78, 5) is 3.71. The summed E-state index contributed by atoms with van der Waals surface area (Å²) in [5.41, 5.74) is 0.932. The molecule has 0 radical (unpaired) electrons. The molecule has 2 heterocycles. The first-order valence-electron chi connectivity index (χ1n) is 4.64. The van der Waals surface area contributed by atoms with Crippen molar-refractivity contribution in [2.75, 3.05) is 5.32 Å². The number of rotatable bonds is 3. The van der Waals surface area contributed by atoms with E-state index >= 15 is 0 Å².